The molecule has 2 unspecified atom stereocenters. The normalized spacial score (nSPS) is 14.7. The number of hydrazone groups is 1. The molecule has 9 heteroatoms. The molecular formula is C36H43N3O6. The van der Waals surface area contributed by atoms with Crippen LogP contribution in [0, 0.1) is 12.8 Å². The van der Waals surface area contributed by atoms with Crippen LogP contribution in [0.4, 0.5) is 5.69 Å². The second-order valence-electron chi connectivity index (χ2n) is 12.3. The van der Waals surface area contributed by atoms with Crippen molar-refractivity contribution in [2.45, 2.75) is 65.5 Å². The molecule has 0 fully saturated rings. The fourth-order valence-corrected chi connectivity index (χ4v) is 5.27. The molecule has 2 atom stereocenters. The fraction of sp³-hybridized carbons (Fsp3) is 0.389. The molecule has 0 saturated heterocycles. The SMILES string of the molecule is COCC(C)C(C(=O)Nc1cccc(CCC(=O)OC(C)(C)C)c1C)c1ccc(CN2N=C(c3ccccc3)OCC2=O)cc1. The molecule has 9 nitrogen and oxygen atoms in total. The van der Waals surface area contributed by atoms with E-state index in [1.807, 2.05) is 107 Å². The van der Waals surface area contributed by atoms with Gasteiger partial charge in [-0.05, 0) is 80.5 Å². The van der Waals surface area contributed by atoms with Gasteiger partial charge in [-0.1, -0.05) is 61.5 Å². The molecule has 238 valence electrons. The largest absolute Gasteiger partial charge is 0.466 e. The minimum absolute atomic E-state index is 0.0792. The van der Waals surface area contributed by atoms with E-state index in [-0.39, 0.29) is 43.3 Å². The van der Waals surface area contributed by atoms with Crippen LogP contribution in [0.25, 0.3) is 0 Å². The molecule has 0 aromatic heterocycles. The lowest BCUT2D eigenvalue weighted by Gasteiger charge is -2.25. The van der Waals surface area contributed by atoms with E-state index in [2.05, 4.69) is 10.4 Å². The molecule has 0 bridgehead atoms. The molecule has 0 aliphatic carbocycles. The van der Waals surface area contributed by atoms with Gasteiger partial charge in [0, 0.05) is 31.4 Å². The summed E-state index contributed by atoms with van der Waals surface area (Å²) in [6.45, 7) is 10.1. The number of nitrogens with one attached hydrogen (secondary N) is 1. The van der Waals surface area contributed by atoms with Crippen molar-refractivity contribution in [3.63, 3.8) is 0 Å². The van der Waals surface area contributed by atoms with Crippen LogP contribution in [0.15, 0.2) is 77.9 Å². The first kappa shape index (κ1) is 33.4. The number of amides is 2. The van der Waals surface area contributed by atoms with Crippen LogP contribution in [-0.4, -0.2) is 54.6 Å². The average Bonchev–Trinajstić information content (AvgIpc) is 2.99. The van der Waals surface area contributed by atoms with Crippen molar-refractivity contribution in [1.82, 2.24) is 5.01 Å². The van der Waals surface area contributed by atoms with Crippen molar-refractivity contribution in [3.05, 3.63) is 101 Å². The highest BCUT2D eigenvalue weighted by Crippen LogP contribution is 2.29. The lowest BCUT2D eigenvalue weighted by atomic mass is 9.86. The van der Waals surface area contributed by atoms with E-state index in [0.717, 1.165) is 27.8 Å². The van der Waals surface area contributed by atoms with Crippen LogP contribution in [0.1, 0.15) is 67.9 Å². The molecule has 3 aromatic carbocycles. The van der Waals surface area contributed by atoms with E-state index in [1.165, 1.54) is 5.01 Å². The summed E-state index contributed by atoms with van der Waals surface area (Å²) >= 11 is 0. The van der Waals surface area contributed by atoms with Gasteiger partial charge in [0.1, 0.15) is 5.60 Å². The first-order valence-electron chi connectivity index (χ1n) is 15.2. The van der Waals surface area contributed by atoms with Crippen LogP contribution in [0.5, 0.6) is 0 Å². The van der Waals surface area contributed by atoms with E-state index in [1.54, 1.807) is 7.11 Å². The highest BCUT2D eigenvalue weighted by atomic mass is 16.6. The summed E-state index contributed by atoms with van der Waals surface area (Å²) in [7, 11) is 1.62. The highest BCUT2D eigenvalue weighted by molar-refractivity contribution is 5.98. The van der Waals surface area contributed by atoms with Crippen molar-refractivity contribution in [3.8, 4) is 0 Å². The Morgan fingerprint density at radius 2 is 1.73 bits per heavy atom. The third kappa shape index (κ3) is 9.25. The first-order valence-corrected chi connectivity index (χ1v) is 15.2. The molecule has 1 aliphatic rings. The van der Waals surface area contributed by atoms with Gasteiger partial charge in [0.25, 0.3) is 5.91 Å². The topological polar surface area (TPSA) is 107 Å². The van der Waals surface area contributed by atoms with Gasteiger partial charge in [-0.2, -0.15) is 0 Å². The maximum atomic E-state index is 13.8. The Morgan fingerprint density at radius 1 is 1.02 bits per heavy atom. The second-order valence-corrected chi connectivity index (χ2v) is 12.3. The average molecular weight is 614 g/mol. The molecule has 1 N–H and O–H groups in total. The fourth-order valence-electron chi connectivity index (χ4n) is 5.27. The van der Waals surface area contributed by atoms with Crippen LogP contribution in [0.3, 0.4) is 0 Å². The molecule has 0 saturated carbocycles. The molecule has 3 aromatic rings. The minimum Gasteiger partial charge on any atom is -0.466 e. The zero-order valence-corrected chi connectivity index (χ0v) is 27.0. The summed E-state index contributed by atoms with van der Waals surface area (Å²) in [6, 6.07) is 22.8. The van der Waals surface area contributed by atoms with Gasteiger partial charge in [0.2, 0.25) is 11.8 Å². The number of esters is 1. The molecule has 0 spiro atoms. The summed E-state index contributed by atoms with van der Waals surface area (Å²) in [4.78, 5) is 38.6. The van der Waals surface area contributed by atoms with E-state index in [0.29, 0.717) is 24.6 Å². The maximum Gasteiger partial charge on any atom is 0.306 e. The Hall–Kier alpha value is -4.50. The van der Waals surface area contributed by atoms with E-state index in [4.69, 9.17) is 14.2 Å². The lowest BCUT2D eigenvalue weighted by Crippen LogP contribution is -2.36. The quantitative estimate of drug-likeness (QED) is 0.252. The number of hydrogen-bond donors (Lipinski definition) is 1. The van der Waals surface area contributed by atoms with Gasteiger partial charge in [-0.15, -0.1) is 5.10 Å². The molecule has 4 rings (SSSR count). The van der Waals surface area contributed by atoms with E-state index >= 15 is 0 Å². The molecule has 0 radical (unpaired) electrons. The van der Waals surface area contributed by atoms with Crippen LogP contribution >= 0.6 is 0 Å². The Morgan fingerprint density at radius 3 is 2.40 bits per heavy atom. The van der Waals surface area contributed by atoms with Gasteiger partial charge < -0.3 is 19.5 Å². The highest BCUT2D eigenvalue weighted by Gasteiger charge is 2.28. The predicted molar refractivity (Wildman–Crippen MR) is 174 cm³/mol. The standard InChI is InChI=1S/C36H43N3O6/c1-24(22-43-6)33(34(42)37-30-14-10-13-27(25(30)2)19-20-32(41)45-36(3,4)5)28-17-15-26(16-18-28)21-39-31(40)23-44-35(38-39)29-11-8-7-9-12-29/h7-18,24,33H,19-23H2,1-6H3,(H,37,42). The lowest BCUT2D eigenvalue weighted by molar-refractivity contribution is -0.154. The van der Waals surface area contributed by atoms with Gasteiger partial charge in [0.05, 0.1) is 12.5 Å². The Kier molecular flexibility index (Phi) is 11.1. The van der Waals surface area contributed by atoms with Crippen molar-refractivity contribution < 1.29 is 28.6 Å². The molecule has 1 aliphatic heterocycles. The zero-order chi connectivity index (χ0) is 32.6. The van der Waals surface area contributed by atoms with E-state index < -0.39 is 11.5 Å². The number of aryl methyl sites for hydroxylation is 1. The number of nitrogens with zero attached hydrogens (tertiary/aromatic N) is 2. The third-order valence-corrected chi connectivity index (χ3v) is 7.53. The van der Waals surface area contributed by atoms with Crippen molar-refractivity contribution in [1.29, 1.82) is 0 Å². The van der Waals surface area contributed by atoms with Crippen molar-refractivity contribution >= 4 is 29.4 Å². The van der Waals surface area contributed by atoms with Crippen LogP contribution in [-0.2, 0) is 41.6 Å². The molecular weight excluding hydrogens is 570 g/mol. The van der Waals surface area contributed by atoms with Gasteiger partial charge in [-0.3, -0.25) is 14.4 Å². The summed E-state index contributed by atoms with van der Waals surface area (Å²) in [5.74, 6) is -0.837. The number of methoxy groups -OCH3 is 1. The number of ether oxygens (including phenoxy) is 3. The number of carbonyl (C=O) groups is 3. The number of carbonyl (C=O) groups excluding carboxylic acids is 3. The van der Waals surface area contributed by atoms with E-state index in [9.17, 15) is 14.4 Å². The Balaban J connectivity index is 1.48. The zero-order valence-electron chi connectivity index (χ0n) is 27.0. The summed E-state index contributed by atoms with van der Waals surface area (Å²) < 4.78 is 16.4. The Labute approximate surface area is 265 Å². The van der Waals surface area contributed by atoms with Gasteiger partial charge in [0.15, 0.2) is 6.61 Å². The Bertz CT molecular complexity index is 1510. The van der Waals surface area contributed by atoms with Gasteiger partial charge in [-0.25, -0.2) is 5.01 Å². The monoisotopic (exact) mass is 613 g/mol. The van der Waals surface area contributed by atoms with Crippen LogP contribution < -0.4 is 5.32 Å². The molecule has 1 heterocycles. The van der Waals surface area contributed by atoms with Crippen molar-refractivity contribution in [2.24, 2.45) is 11.0 Å². The summed E-state index contributed by atoms with van der Waals surface area (Å²) in [6.07, 6.45) is 0.766. The number of anilines is 1. The second kappa shape index (κ2) is 15.0. The van der Waals surface area contributed by atoms with Crippen LogP contribution in [0.2, 0.25) is 0 Å². The molecule has 45 heavy (non-hydrogen) atoms. The van der Waals surface area contributed by atoms with Crippen molar-refractivity contribution in [2.75, 3.05) is 25.6 Å². The first-order chi connectivity index (χ1) is 21.4. The number of rotatable bonds is 12. The summed E-state index contributed by atoms with van der Waals surface area (Å²) in [5, 5.41) is 8.98. The summed E-state index contributed by atoms with van der Waals surface area (Å²) in [5.41, 5.74) is 4.56. The molecule has 2 amide bonds. The minimum atomic E-state index is -0.534. The maximum absolute atomic E-state index is 13.8. The third-order valence-electron chi connectivity index (χ3n) is 7.53. The predicted octanol–water partition coefficient (Wildman–Crippen LogP) is 5.99. The smallest absolute Gasteiger partial charge is 0.306 e. The number of benzene rings is 3. The van der Waals surface area contributed by atoms with Gasteiger partial charge >= 0.3 is 5.97 Å². The number of hydrogen-bond acceptors (Lipinski definition) is 7.